The largest absolute Gasteiger partial charge is 0.300 e. The van der Waals surface area contributed by atoms with Gasteiger partial charge in [0, 0.05) is 17.5 Å². The Bertz CT molecular complexity index is 1050. The van der Waals surface area contributed by atoms with Crippen LogP contribution in [0.1, 0.15) is 36.7 Å². The molecule has 0 saturated heterocycles. The van der Waals surface area contributed by atoms with Crippen LogP contribution in [-0.4, -0.2) is 34.2 Å². The molecule has 1 aliphatic heterocycles. The van der Waals surface area contributed by atoms with Crippen LogP contribution in [0.15, 0.2) is 54.7 Å². The molecular weight excluding hydrogens is 374 g/mol. The average molecular weight is 391 g/mol. The van der Waals surface area contributed by atoms with E-state index in [-0.39, 0.29) is 6.54 Å². The van der Waals surface area contributed by atoms with Crippen molar-refractivity contribution >= 4 is 34.2 Å². The number of anilines is 1. The number of imide groups is 1. The standard InChI is InChI=1S/C21H17N3O3S/c1-13-5-4-6-14(9-13)10-15-11-22-21(28-15)23-18(25)12-24-19(26)16-7-2-3-8-17(16)20(24)27/h2-9,11H,10,12H2,1H3,(H,22,23,25). The van der Waals surface area contributed by atoms with Crippen LogP contribution in [0.3, 0.4) is 0 Å². The highest BCUT2D eigenvalue weighted by Crippen LogP contribution is 2.24. The summed E-state index contributed by atoms with van der Waals surface area (Å²) in [6.07, 6.45) is 2.46. The highest BCUT2D eigenvalue weighted by Gasteiger charge is 2.36. The fourth-order valence-electron chi connectivity index (χ4n) is 3.16. The second-order valence-electron chi connectivity index (χ2n) is 6.59. The zero-order valence-electron chi connectivity index (χ0n) is 15.1. The molecule has 0 fully saturated rings. The summed E-state index contributed by atoms with van der Waals surface area (Å²) in [4.78, 5) is 43.2. The summed E-state index contributed by atoms with van der Waals surface area (Å²) in [5.41, 5.74) is 3.02. The smallest absolute Gasteiger partial charge is 0.262 e. The number of aromatic nitrogens is 1. The summed E-state index contributed by atoms with van der Waals surface area (Å²) in [5, 5.41) is 3.13. The maximum absolute atomic E-state index is 12.3. The van der Waals surface area contributed by atoms with Crippen LogP contribution in [0.2, 0.25) is 0 Å². The topological polar surface area (TPSA) is 79.4 Å². The van der Waals surface area contributed by atoms with Crippen LogP contribution in [-0.2, 0) is 11.2 Å². The molecule has 1 aromatic heterocycles. The number of thiazole rings is 1. The van der Waals surface area contributed by atoms with Gasteiger partial charge in [-0.05, 0) is 24.6 Å². The molecule has 28 heavy (non-hydrogen) atoms. The van der Waals surface area contributed by atoms with Gasteiger partial charge in [-0.3, -0.25) is 19.3 Å². The van der Waals surface area contributed by atoms with Crippen molar-refractivity contribution in [2.24, 2.45) is 0 Å². The summed E-state index contributed by atoms with van der Waals surface area (Å²) in [5.74, 6) is -1.35. The van der Waals surface area contributed by atoms with E-state index in [4.69, 9.17) is 0 Å². The molecule has 6 nitrogen and oxygen atoms in total. The van der Waals surface area contributed by atoms with Crippen LogP contribution in [0.25, 0.3) is 0 Å². The zero-order valence-corrected chi connectivity index (χ0v) is 16.0. The van der Waals surface area contributed by atoms with E-state index in [2.05, 4.69) is 16.4 Å². The van der Waals surface area contributed by atoms with E-state index in [1.165, 1.54) is 22.5 Å². The molecule has 7 heteroatoms. The van der Waals surface area contributed by atoms with Gasteiger partial charge < -0.3 is 5.32 Å². The normalized spacial score (nSPS) is 13.0. The van der Waals surface area contributed by atoms with Crippen LogP contribution in [0, 0.1) is 6.92 Å². The molecule has 0 radical (unpaired) electrons. The number of nitrogens with zero attached hydrogens (tertiary/aromatic N) is 2. The molecule has 3 amide bonds. The van der Waals surface area contributed by atoms with Crippen LogP contribution in [0.5, 0.6) is 0 Å². The molecule has 3 aromatic rings. The first kappa shape index (κ1) is 18.1. The molecule has 2 heterocycles. The van der Waals surface area contributed by atoms with Crippen LogP contribution < -0.4 is 5.32 Å². The second kappa shape index (κ2) is 7.36. The molecule has 2 aromatic carbocycles. The van der Waals surface area contributed by atoms with Crippen molar-refractivity contribution in [1.82, 2.24) is 9.88 Å². The van der Waals surface area contributed by atoms with Gasteiger partial charge >= 0.3 is 0 Å². The molecule has 140 valence electrons. The van der Waals surface area contributed by atoms with E-state index in [0.29, 0.717) is 16.3 Å². The predicted octanol–water partition coefficient (Wildman–Crippen LogP) is 3.28. The number of rotatable bonds is 5. The van der Waals surface area contributed by atoms with E-state index >= 15 is 0 Å². The Hall–Kier alpha value is -3.32. The summed E-state index contributed by atoms with van der Waals surface area (Å²) >= 11 is 1.38. The minimum Gasteiger partial charge on any atom is -0.300 e. The molecule has 0 unspecified atom stereocenters. The van der Waals surface area contributed by atoms with Crippen molar-refractivity contribution in [3.8, 4) is 0 Å². The third kappa shape index (κ3) is 3.57. The fourth-order valence-corrected chi connectivity index (χ4v) is 4.02. The lowest BCUT2D eigenvalue weighted by atomic mass is 10.1. The number of aryl methyl sites for hydroxylation is 1. The van der Waals surface area contributed by atoms with E-state index in [0.717, 1.165) is 16.2 Å². The second-order valence-corrected chi connectivity index (χ2v) is 7.70. The van der Waals surface area contributed by atoms with Gasteiger partial charge in [0.2, 0.25) is 5.91 Å². The van der Waals surface area contributed by atoms with Gasteiger partial charge in [-0.1, -0.05) is 42.0 Å². The molecule has 1 aliphatic rings. The molecule has 1 N–H and O–H groups in total. The predicted molar refractivity (Wildman–Crippen MR) is 107 cm³/mol. The van der Waals surface area contributed by atoms with Crippen molar-refractivity contribution in [2.75, 3.05) is 11.9 Å². The Morgan fingerprint density at radius 3 is 2.46 bits per heavy atom. The Kier molecular flexibility index (Phi) is 4.75. The van der Waals surface area contributed by atoms with Crippen molar-refractivity contribution in [2.45, 2.75) is 13.3 Å². The number of carbonyl (C=O) groups excluding carboxylic acids is 3. The highest BCUT2D eigenvalue weighted by atomic mass is 32.1. The van der Waals surface area contributed by atoms with Crippen LogP contribution >= 0.6 is 11.3 Å². The third-order valence-electron chi connectivity index (χ3n) is 4.44. The minimum atomic E-state index is -0.453. The lowest BCUT2D eigenvalue weighted by Gasteiger charge is -2.12. The number of nitrogens with one attached hydrogen (secondary N) is 1. The Morgan fingerprint density at radius 2 is 1.79 bits per heavy atom. The molecular formula is C21H17N3O3S. The van der Waals surface area contributed by atoms with Gasteiger partial charge in [0.25, 0.3) is 11.8 Å². The summed E-state index contributed by atoms with van der Waals surface area (Å²) < 4.78 is 0. The van der Waals surface area contributed by atoms with Crippen molar-refractivity contribution in [3.05, 3.63) is 81.9 Å². The van der Waals surface area contributed by atoms with Gasteiger partial charge in [-0.2, -0.15) is 0 Å². The maximum atomic E-state index is 12.3. The number of hydrogen-bond acceptors (Lipinski definition) is 5. The quantitative estimate of drug-likeness (QED) is 0.677. The van der Waals surface area contributed by atoms with E-state index in [1.807, 2.05) is 25.1 Å². The number of hydrogen-bond donors (Lipinski definition) is 1. The third-order valence-corrected chi connectivity index (χ3v) is 5.35. The minimum absolute atomic E-state index is 0.329. The first-order valence-corrected chi connectivity index (χ1v) is 9.58. The summed E-state index contributed by atoms with van der Waals surface area (Å²) in [6, 6.07) is 14.8. The Morgan fingerprint density at radius 1 is 1.07 bits per heavy atom. The molecule has 0 saturated carbocycles. The molecule has 0 bridgehead atoms. The monoisotopic (exact) mass is 391 g/mol. The lowest BCUT2D eigenvalue weighted by molar-refractivity contribution is -0.116. The van der Waals surface area contributed by atoms with E-state index in [9.17, 15) is 14.4 Å². The SMILES string of the molecule is Cc1cccc(Cc2cnc(NC(=O)CN3C(=O)c4ccccc4C3=O)s2)c1. The maximum Gasteiger partial charge on any atom is 0.262 e. The molecule has 4 rings (SSSR count). The fraction of sp³-hybridized carbons (Fsp3) is 0.143. The van der Waals surface area contributed by atoms with Gasteiger partial charge in [0.15, 0.2) is 5.13 Å². The highest BCUT2D eigenvalue weighted by molar-refractivity contribution is 7.15. The van der Waals surface area contributed by atoms with Gasteiger partial charge in [0.1, 0.15) is 6.54 Å². The van der Waals surface area contributed by atoms with Gasteiger partial charge in [0.05, 0.1) is 11.1 Å². The number of carbonyl (C=O) groups is 3. The lowest BCUT2D eigenvalue weighted by Crippen LogP contribution is -2.37. The van der Waals surface area contributed by atoms with Gasteiger partial charge in [-0.15, -0.1) is 11.3 Å². The first-order chi connectivity index (χ1) is 13.5. The Labute approximate surface area is 165 Å². The first-order valence-electron chi connectivity index (χ1n) is 8.76. The van der Waals surface area contributed by atoms with Gasteiger partial charge in [-0.25, -0.2) is 4.98 Å². The molecule has 0 spiro atoms. The number of amides is 3. The van der Waals surface area contributed by atoms with E-state index in [1.54, 1.807) is 30.5 Å². The molecule has 0 atom stereocenters. The average Bonchev–Trinajstić information content (AvgIpc) is 3.20. The van der Waals surface area contributed by atoms with Crippen molar-refractivity contribution < 1.29 is 14.4 Å². The number of fused-ring (bicyclic) bond motifs is 1. The number of benzene rings is 2. The Balaban J connectivity index is 1.39. The van der Waals surface area contributed by atoms with E-state index < -0.39 is 17.7 Å². The zero-order chi connectivity index (χ0) is 19.7. The molecule has 0 aliphatic carbocycles. The van der Waals surface area contributed by atoms with Crippen LogP contribution in [0.4, 0.5) is 5.13 Å². The summed E-state index contributed by atoms with van der Waals surface area (Å²) in [7, 11) is 0. The summed E-state index contributed by atoms with van der Waals surface area (Å²) in [6.45, 7) is 1.71. The van der Waals surface area contributed by atoms with Crippen molar-refractivity contribution in [1.29, 1.82) is 0 Å². The van der Waals surface area contributed by atoms with Crippen molar-refractivity contribution in [3.63, 3.8) is 0 Å².